The van der Waals surface area contributed by atoms with Gasteiger partial charge in [-0.15, -0.1) is 11.3 Å². The molecule has 1 saturated carbocycles. The number of rotatable bonds is 8. The van der Waals surface area contributed by atoms with E-state index in [1.54, 1.807) is 18.6 Å². The Labute approximate surface area is 213 Å². The van der Waals surface area contributed by atoms with E-state index in [-0.39, 0.29) is 6.10 Å². The molecule has 0 atom stereocenters. The van der Waals surface area contributed by atoms with E-state index in [1.807, 2.05) is 30.5 Å². The standard InChI is InChI=1S/C26H27ClN6OS/c27-22-14-19(34-18-6-2-1-3-7-18)9-10-21(22)23-13-17(5-4-8-20-15-31-26(28)35-20)32-25(33-23)24-16-29-11-12-30-24/h9-16,18H,1-8H2,(H2,28,31). The SMILES string of the molecule is Nc1ncc(CCCc2cc(-c3ccc(OC4CCCCC4)cc3Cl)nc(-c3cnccn3)n2)s1. The van der Waals surface area contributed by atoms with E-state index >= 15 is 0 Å². The van der Waals surface area contributed by atoms with E-state index in [2.05, 4.69) is 15.0 Å². The van der Waals surface area contributed by atoms with Crippen LogP contribution in [-0.4, -0.2) is 31.0 Å². The lowest BCUT2D eigenvalue weighted by molar-refractivity contribution is 0.155. The van der Waals surface area contributed by atoms with Gasteiger partial charge in [0.15, 0.2) is 11.0 Å². The Balaban J connectivity index is 1.40. The minimum absolute atomic E-state index is 0.272. The second kappa shape index (κ2) is 11.1. The largest absolute Gasteiger partial charge is 0.490 e. The average Bonchev–Trinajstić information content (AvgIpc) is 3.30. The van der Waals surface area contributed by atoms with Gasteiger partial charge in [-0.3, -0.25) is 4.98 Å². The van der Waals surface area contributed by atoms with Crippen molar-refractivity contribution >= 4 is 28.1 Å². The van der Waals surface area contributed by atoms with Crippen LogP contribution in [0.5, 0.6) is 5.75 Å². The normalized spacial score (nSPS) is 14.2. The predicted molar refractivity (Wildman–Crippen MR) is 140 cm³/mol. The fourth-order valence-corrected chi connectivity index (χ4v) is 5.32. The van der Waals surface area contributed by atoms with Gasteiger partial charge in [-0.2, -0.15) is 0 Å². The number of aromatic nitrogens is 5. The summed E-state index contributed by atoms with van der Waals surface area (Å²) in [4.78, 5) is 23.4. The zero-order valence-electron chi connectivity index (χ0n) is 19.4. The van der Waals surface area contributed by atoms with Gasteiger partial charge >= 0.3 is 0 Å². The number of hydrogen-bond acceptors (Lipinski definition) is 8. The third-order valence-electron chi connectivity index (χ3n) is 6.07. The Morgan fingerprint density at radius 3 is 2.60 bits per heavy atom. The molecule has 0 unspecified atom stereocenters. The number of benzene rings is 1. The molecule has 1 fully saturated rings. The molecule has 0 saturated heterocycles. The van der Waals surface area contributed by atoms with Crippen molar-refractivity contribution in [1.82, 2.24) is 24.9 Å². The summed E-state index contributed by atoms with van der Waals surface area (Å²) < 4.78 is 6.19. The van der Waals surface area contributed by atoms with E-state index in [4.69, 9.17) is 32.0 Å². The van der Waals surface area contributed by atoms with Crippen LogP contribution in [0, 0.1) is 0 Å². The van der Waals surface area contributed by atoms with Gasteiger partial charge in [-0.1, -0.05) is 18.0 Å². The van der Waals surface area contributed by atoms with Crippen LogP contribution >= 0.6 is 22.9 Å². The maximum atomic E-state index is 6.73. The summed E-state index contributed by atoms with van der Waals surface area (Å²) in [5.41, 5.74) is 8.90. The minimum atomic E-state index is 0.272. The van der Waals surface area contributed by atoms with Crippen LogP contribution in [0.15, 0.2) is 49.1 Å². The number of nitrogens with two attached hydrogens (primary N) is 1. The van der Waals surface area contributed by atoms with Crippen molar-refractivity contribution in [2.75, 3.05) is 5.73 Å². The van der Waals surface area contributed by atoms with Crippen LogP contribution in [-0.2, 0) is 12.8 Å². The van der Waals surface area contributed by atoms with Crippen LogP contribution in [0.25, 0.3) is 22.8 Å². The molecule has 3 heterocycles. The second-order valence-corrected chi connectivity index (χ2v) is 10.3. The van der Waals surface area contributed by atoms with Gasteiger partial charge in [0.25, 0.3) is 0 Å². The van der Waals surface area contributed by atoms with E-state index in [9.17, 15) is 0 Å². The van der Waals surface area contributed by atoms with Crippen molar-refractivity contribution < 1.29 is 4.74 Å². The van der Waals surface area contributed by atoms with Crippen LogP contribution in [0.2, 0.25) is 5.02 Å². The summed E-state index contributed by atoms with van der Waals surface area (Å²) in [6.07, 6.45) is 15.6. The molecule has 0 bridgehead atoms. The molecule has 0 radical (unpaired) electrons. The molecule has 1 aliphatic rings. The Bertz CT molecular complexity index is 1280. The second-order valence-electron chi connectivity index (χ2n) is 8.70. The van der Waals surface area contributed by atoms with E-state index in [0.717, 1.165) is 54.8 Å². The lowest BCUT2D eigenvalue weighted by atomic mass is 9.98. The van der Waals surface area contributed by atoms with Crippen molar-refractivity contribution in [3.63, 3.8) is 0 Å². The van der Waals surface area contributed by atoms with Gasteiger partial charge < -0.3 is 10.5 Å². The summed E-state index contributed by atoms with van der Waals surface area (Å²) >= 11 is 8.26. The van der Waals surface area contributed by atoms with Crippen molar-refractivity contribution in [2.45, 2.75) is 57.5 Å². The molecule has 0 spiro atoms. The summed E-state index contributed by atoms with van der Waals surface area (Å²) in [5.74, 6) is 1.34. The zero-order valence-corrected chi connectivity index (χ0v) is 20.9. The summed E-state index contributed by atoms with van der Waals surface area (Å²) in [6.45, 7) is 0. The number of anilines is 1. The molecule has 5 rings (SSSR count). The first-order valence-corrected chi connectivity index (χ1v) is 13.1. The van der Waals surface area contributed by atoms with E-state index in [1.165, 1.54) is 35.5 Å². The maximum absolute atomic E-state index is 6.73. The Morgan fingerprint density at radius 1 is 0.971 bits per heavy atom. The number of nitrogens with zero attached hydrogens (tertiary/aromatic N) is 5. The maximum Gasteiger partial charge on any atom is 0.180 e. The molecule has 1 aromatic carbocycles. The Hall–Kier alpha value is -3.10. The molecule has 9 heteroatoms. The van der Waals surface area contributed by atoms with Gasteiger partial charge in [-0.25, -0.2) is 19.9 Å². The number of hydrogen-bond donors (Lipinski definition) is 1. The highest BCUT2D eigenvalue weighted by atomic mass is 35.5. The lowest BCUT2D eigenvalue weighted by Crippen LogP contribution is -2.19. The molecule has 180 valence electrons. The molecular weight excluding hydrogens is 480 g/mol. The van der Waals surface area contributed by atoms with Crippen molar-refractivity contribution in [1.29, 1.82) is 0 Å². The quantitative estimate of drug-likeness (QED) is 0.304. The summed E-state index contributed by atoms with van der Waals surface area (Å²) in [6, 6.07) is 7.86. The highest BCUT2D eigenvalue weighted by Gasteiger charge is 2.17. The highest BCUT2D eigenvalue weighted by Crippen LogP contribution is 2.33. The fraction of sp³-hybridized carbons (Fsp3) is 0.346. The molecule has 7 nitrogen and oxygen atoms in total. The smallest absolute Gasteiger partial charge is 0.180 e. The average molecular weight is 507 g/mol. The molecular formula is C26H27ClN6OS. The monoisotopic (exact) mass is 506 g/mol. The predicted octanol–water partition coefficient (Wildman–Crippen LogP) is 6.18. The van der Waals surface area contributed by atoms with Crippen LogP contribution in [0.4, 0.5) is 5.13 Å². The molecule has 2 N–H and O–H groups in total. The molecule has 35 heavy (non-hydrogen) atoms. The van der Waals surface area contributed by atoms with Gasteiger partial charge in [0, 0.05) is 34.7 Å². The van der Waals surface area contributed by atoms with Crippen molar-refractivity contribution in [3.05, 3.63) is 64.6 Å². The number of ether oxygens (including phenoxy) is 1. The number of aryl methyl sites for hydroxylation is 2. The van der Waals surface area contributed by atoms with Crippen LogP contribution in [0.3, 0.4) is 0 Å². The highest BCUT2D eigenvalue weighted by molar-refractivity contribution is 7.15. The topological polar surface area (TPSA) is 99.7 Å². The molecule has 1 aliphatic carbocycles. The Morgan fingerprint density at radius 2 is 1.86 bits per heavy atom. The fourth-order valence-electron chi connectivity index (χ4n) is 4.33. The van der Waals surface area contributed by atoms with Crippen molar-refractivity contribution in [2.24, 2.45) is 0 Å². The summed E-state index contributed by atoms with van der Waals surface area (Å²) in [5, 5.41) is 1.20. The van der Waals surface area contributed by atoms with Gasteiger partial charge in [0.2, 0.25) is 0 Å². The first-order chi connectivity index (χ1) is 17.1. The molecule has 4 aromatic rings. The zero-order chi connectivity index (χ0) is 24.0. The molecule has 3 aromatic heterocycles. The molecule has 0 amide bonds. The third kappa shape index (κ3) is 6.13. The van der Waals surface area contributed by atoms with Crippen LogP contribution in [0.1, 0.15) is 49.1 Å². The first kappa shape index (κ1) is 23.6. The molecule has 0 aliphatic heterocycles. The number of nitrogen functional groups attached to an aromatic ring is 1. The van der Waals surface area contributed by atoms with Gasteiger partial charge in [-0.05, 0) is 69.2 Å². The Kier molecular flexibility index (Phi) is 7.49. The van der Waals surface area contributed by atoms with E-state index in [0.29, 0.717) is 21.7 Å². The summed E-state index contributed by atoms with van der Waals surface area (Å²) in [7, 11) is 0. The van der Waals surface area contributed by atoms with Crippen molar-refractivity contribution in [3.8, 4) is 28.5 Å². The van der Waals surface area contributed by atoms with Crippen LogP contribution < -0.4 is 10.5 Å². The van der Waals surface area contributed by atoms with Gasteiger partial charge in [0.05, 0.1) is 23.0 Å². The first-order valence-electron chi connectivity index (χ1n) is 11.9. The third-order valence-corrected chi connectivity index (χ3v) is 7.27. The van der Waals surface area contributed by atoms with E-state index < -0.39 is 0 Å². The minimum Gasteiger partial charge on any atom is -0.490 e. The lowest BCUT2D eigenvalue weighted by Gasteiger charge is -2.23. The number of halogens is 1. The number of thiazole rings is 1. The van der Waals surface area contributed by atoms with Gasteiger partial charge in [0.1, 0.15) is 11.4 Å².